The second kappa shape index (κ2) is 21.3. The molecule has 3 unspecified atom stereocenters. The van der Waals surface area contributed by atoms with E-state index in [4.69, 9.17) is 0 Å². The van der Waals surface area contributed by atoms with E-state index in [0.29, 0.717) is 6.42 Å². The molecule has 0 rings (SSSR count). The lowest BCUT2D eigenvalue weighted by atomic mass is 10.0. The van der Waals surface area contributed by atoms with Crippen LogP contribution in [-0.2, 0) is 14.9 Å². The molecule has 7 nitrogen and oxygen atoms in total. The van der Waals surface area contributed by atoms with Crippen LogP contribution in [0.25, 0.3) is 0 Å². The molecule has 0 saturated heterocycles. The van der Waals surface area contributed by atoms with Crippen molar-refractivity contribution in [2.24, 2.45) is 0 Å². The average Bonchev–Trinajstić information content (AvgIpc) is 2.78. The molecule has 8 heteroatoms. The Bertz CT molecular complexity index is 623. The number of hydrogen-bond donors (Lipinski definition) is 4. The van der Waals surface area contributed by atoms with Crippen molar-refractivity contribution in [3.8, 4) is 0 Å². The highest BCUT2D eigenvalue weighted by Crippen LogP contribution is 2.13. The second-order valence-corrected chi connectivity index (χ2v) is 11.0. The molecule has 0 bridgehead atoms. The lowest BCUT2D eigenvalue weighted by Gasteiger charge is -2.22. The van der Waals surface area contributed by atoms with Crippen LogP contribution in [0.4, 0.5) is 0 Å². The van der Waals surface area contributed by atoms with Crippen molar-refractivity contribution in [1.29, 1.82) is 0 Å². The summed E-state index contributed by atoms with van der Waals surface area (Å²) in [5, 5.41) is 22.9. The van der Waals surface area contributed by atoms with E-state index in [2.05, 4.69) is 19.2 Å². The van der Waals surface area contributed by atoms with E-state index in [1.165, 1.54) is 51.0 Å². The Morgan fingerprint density at radius 1 is 0.794 bits per heavy atom. The van der Waals surface area contributed by atoms with E-state index in [0.717, 1.165) is 51.4 Å². The van der Waals surface area contributed by atoms with Gasteiger partial charge in [-0.1, -0.05) is 116 Å². The number of amides is 1. The number of aliphatic hydroxyl groups is 2. The molecule has 0 aromatic carbocycles. The SMILES string of the molecule is CCCCCC/C=C/C(O)C(CS(=O)(=O)O)NC(=O)C(O)CCCCCCCCCCCCC. The minimum Gasteiger partial charge on any atom is -0.387 e. The van der Waals surface area contributed by atoms with Gasteiger partial charge in [-0.3, -0.25) is 9.35 Å². The maximum absolute atomic E-state index is 12.3. The summed E-state index contributed by atoms with van der Waals surface area (Å²) < 4.78 is 31.9. The zero-order valence-corrected chi connectivity index (χ0v) is 22.4. The molecule has 0 aliphatic heterocycles. The van der Waals surface area contributed by atoms with Gasteiger partial charge in [-0.25, -0.2) is 0 Å². The summed E-state index contributed by atoms with van der Waals surface area (Å²) >= 11 is 0. The monoisotopic (exact) mass is 505 g/mol. The number of unbranched alkanes of at least 4 members (excludes halogenated alkanes) is 14. The van der Waals surface area contributed by atoms with Crippen molar-refractivity contribution < 1.29 is 28.0 Å². The molecular formula is C26H51NO6S. The van der Waals surface area contributed by atoms with E-state index in [1.807, 2.05) is 0 Å². The Balaban J connectivity index is 4.27. The largest absolute Gasteiger partial charge is 0.387 e. The van der Waals surface area contributed by atoms with Crippen molar-refractivity contribution in [2.75, 3.05) is 5.75 Å². The normalized spacial score (nSPS) is 14.9. The zero-order valence-electron chi connectivity index (χ0n) is 21.6. The molecule has 0 spiro atoms. The summed E-state index contributed by atoms with van der Waals surface area (Å²) in [5.41, 5.74) is 0. The average molecular weight is 506 g/mol. The van der Waals surface area contributed by atoms with Crippen LogP contribution in [0.3, 0.4) is 0 Å². The van der Waals surface area contributed by atoms with Crippen molar-refractivity contribution in [1.82, 2.24) is 5.32 Å². The molecule has 0 aliphatic rings. The van der Waals surface area contributed by atoms with E-state index >= 15 is 0 Å². The Hall–Kier alpha value is -0.960. The van der Waals surface area contributed by atoms with E-state index in [1.54, 1.807) is 6.08 Å². The molecule has 0 aromatic rings. The van der Waals surface area contributed by atoms with Gasteiger partial charge in [0.05, 0.1) is 17.9 Å². The number of carbonyl (C=O) groups excluding carboxylic acids is 1. The topological polar surface area (TPSA) is 124 Å². The maximum atomic E-state index is 12.3. The number of allylic oxidation sites excluding steroid dienone is 1. The fourth-order valence-electron chi connectivity index (χ4n) is 3.92. The van der Waals surface area contributed by atoms with E-state index in [-0.39, 0.29) is 6.42 Å². The number of hydrogen-bond acceptors (Lipinski definition) is 5. The minimum absolute atomic E-state index is 0.283. The van der Waals surface area contributed by atoms with Crippen LogP contribution >= 0.6 is 0 Å². The first kappa shape index (κ1) is 33.0. The molecule has 0 fully saturated rings. The van der Waals surface area contributed by atoms with Gasteiger partial charge in [-0.15, -0.1) is 0 Å². The van der Waals surface area contributed by atoms with Crippen molar-refractivity contribution in [2.45, 2.75) is 141 Å². The van der Waals surface area contributed by atoms with Crippen molar-refractivity contribution >= 4 is 16.0 Å². The van der Waals surface area contributed by atoms with E-state index < -0.39 is 40.0 Å². The minimum atomic E-state index is -4.41. The van der Waals surface area contributed by atoms with Gasteiger partial charge in [-0.2, -0.15) is 8.42 Å². The number of nitrogens with one attached hydrogen (secondary N) is 1. The predicted octanol–water partition coefficient (Wildman–Crippen LogP) is 5.31. The van der Waals surface area contributed by atoms with Crippen molar-refractivity contribution in [3.63, 3.8) is 0 Å². The second-order valence-electron chi connectivity index (χ2n) is 9.47. The molecule has 0 aliphatic carbocycles. The van der Waals surface area contributed by atoms with Crippen LogP contribution in [0.15, 0.2) is 12.2 Å². The highest BCUT2D eigenvalue weighted by atomic mass is 32.2. The first-order valence-electron chi connectivity index (χ1n) is 13.5. The lowest BCUT2D eigenvalue weighted by Crippen LogP contribution is -2.50. The summed E-state index contributed by atoms with van der Waals surface area (Å²) in [4.78, 5) is 12.3. The Labute approximate surface area is 208 Å². The maximum Gasteiger partial charge on any atom is 0.267 e. The molecule has 0 saturated carbocycles. The molecule has 0 radical (unpaired) electrons. The Kier molecular flexibility index (Phi) is 20.7. The van der Waals surface area contributed by atoms with E-state index in [9.17, 15) is 28.0 Å². The van der Waals surface area contributed by atoms with Gasteiger partial charge in [0, 0.05) is 0 Å². The van der Waals surface area contributed by atoms with Gasteiger partial charge >= 0.3 is 0 Å². The third-order valence-electron chi connectivity index (χ3n) is 6.07. The summed E-state index contributed by atoms with van der Waals surface area (Å²) in [6.45, 7) is 4.34. The fraction of sp³-hybridized carbons (Fsp3) is 0.885. The molecule has 0 heterocycles. The Morgan fingerprint density at radius 2 is 1.26 bits per heavy atom. The molecule has 3 atom stereocenters. The first-order valence-corrected chi connectivity index (χ1v) is 15.1. The van der Waals surface area contributed by atoms with Crippen LogP contribution in [0.2, 0.25) is 0 Å². The standard InChI is InChI=1S/C26H51NO6S/c1-3-5-7-9-11-12-13-14-15-17-19-21-25(29)26(30)27-23(22-34(31,32)33)24(28)20-18-16-10-8-6-4-2/h18,20,23-25,28-29H,3-17,19,21-22H2,1-2H3,(H,27,30)(H,31,32,33)/b20-18+. The van der Waals surface area contributed by atoms with Crippen LogP contribution in [0.5, 0.6) is 0 Å². The zero-order chi connectivity index (χ0) is 25.7. The lowest BCUT2D eigenvalue weighted by molar-refractivity contribution is -0.130. The predicted molar refractivity (Wildman–Crippen MR) is 139 cm³/mol. The van der Waals surface area contributed by atoms with Gasteiger partial charge in [0.1, 0.15) is 6.10 Å². The van der Waals surface area contributed by atoms with Crippen LogP contribution in [-0.4, -0.2) is 53.1 Å². The van der Waals surface area contributed by atoms with Gasteiger partial charge in [0.25, 0.3) is 10.1 Å². The molecule has 4 N–H and O–H groups in total. The van der Waals surface area contributed by atoms with Crippen LogP contribution < -0.4 is 5.32 Å². The number of aliphatic hydroxyl groups excluding tert-OH is 2. The molecule has 1 amide bonds. The molecule has 34 heavy (non-hydrogen) atoms. The first-order chi connectivity index (χ1) is 16.2. The van der Waals surface area contributed by atoms with Crippen LogP contribution in [0.1, 0.15) is 123 Å². The van der Waals surface area contributed by atoms with Gasteiger partial charge in [0.2, 0.25) is 5.91 Å². The summed E-state index contributed by atoms with van der Waals surface area (Å²) in [7, 11) is -4.41. The third kappa shape index (κ3) is 20.4. The van der Waals surface area contributed by atoms with Gasteiger partial charge in [-0.05, 0) is 19.3 Å². The van der Waals surface area contributed by atoms with Gasteiger partial charge in [0.15, 0.2) is 0 Å². The highest BCUT2D eigenvalue weighted by molar-refractivity contribution is 7.85. The summed E-state index contributed by atoms with van der Waals surface area (Å²) in [6.07, 6.45) is 18.8. The summed E-state index contributed by atoms with van der Waals surface area (Å²) in [5.74, 6) is -1.54. The van der Waals surface area contributed by atoms with Crippen LogP contribution in [0, 0.1) is 0 Å². The highest BCUT2D eigenvalue weighted by Gasteiger charge is 2.27. The number of carbonyl (C=O) groups is 1. The summed E-state index contributed by atoms with van der Waals surface area (Å²) in [6, 6.07) is -1.22. The Morgan fingerprint density at radius 3 is 1.76 bits per heavy atom. The molecule has 0 aromatic heterocycles. The number of rotatable bonds is 23. The molecular weight excluding hydrogens is 454 g/mol. The third-order valence-corrected chi connectivity index (χ3v) is 6.85. The molecule has 202 valence electrons. The quantitative estimate of drug-likeness (QED) is 0.0847. The fourth-order valence-corrected chi connectivity index (χ4v) is 4.66. The van der Waals surface area contributed by atoms with Gasteiger partial charge < -0.3 is 15.5 Å². The van der Waals surface area contributed by atoms with Crippen molar-refractivity contribution in [3.05, 3.63) is 12.2 Å². The smallest absolute Gasteiger partial charge is 0.267 e.